The molecule has 0 aliphatic carbocycles. The minimum atomic E-state index is 0.210. The van der Waals surface area contributed by atoms with Crippen molar-refractivity contribution in [2.24, 2.45) is 0 Å². The van der Waals surface area contributed by atoms with E-state index in [1.165, 1.54) is 54.9 Å². The van der Waals surface area contributed by atoms with Crippen molar-refractivity contribution in [2.45, 2.75) is 106 Å². The smallest absolute Gasteiger partial charge is 0.0306 e. The van der Waals surface area contributed by atoms with Crippen LogP contribution in [0.2, 0.25) is 13.1 Å². The SMILES string of the molecule is C[Si](C)=[Zr+2].Cc1cc2c(C(C)C)cc(C(C)C)cc2[cH-]1.Cc1cc2c(C(C)C)cc(C(C)C)cc2[cH-]1. The van der Waals surface area contributed by atoms with Crippen molar-refractivity contribution in [1.82, 2.24) is 0 Å². The predicted molar refractivity (Wildman–Crippen MR) is 162 cm³/mol. The first kappa shape index (κ1) is 31.0. The van der Waals surface area contributed by atoms with Crippen molar-refractivity contribution in [3.05, 3.63) is 81.9 Å². The van der Waals surface area contributed by atoms with E-state index in [4.69, 9.17) is 0 Å². The second kappa shape index (κ2) is 13.5. The summed E-state index contributed by atoms with van der Waals surface area (Å²) in [5.41, 5.74) is 8.87. The Kier molecular flexibility index (Phi) is 11.6. The number of hydrogen-bond donors (Lipinski definition) is 0. The molecule has 0 amide bonds. The summed E-state index contributed by atoms with van der Waals surface area (Å²) in [7, 11) is 0. The van der Waals surface area contributed by atoms with Crippen LogP contribution in [-0.4, -0.2) is 5.43 Å². The van der Waals surface area contributed by atoms with Crippen molar-refractivity contribution in [3.63, 3.8) is 0 Å². The molecule has 0 fully saturated rings. The van der Waals surface area contributed by atoms with Crippen molar-refractivity contribution in [3.8, 4) is 0 Å². The van der Waals surface area contributed by atoms with Crippen molar-refractivity contribution >= 4 is 27.0 Å². The first-order chi connectivity index (χ1) is 16.7. The molecule has 4 aromatic rings. The quantitative estimate of drug-likeness (QED) is 0.168. The van der Waals surface area contributed by atoms with Crippen molar-refractivity contribution in [2.75, 3.05) is 0 Å². The van der Waals surface area contributed by atoms with E-state index in [0.29, 0.717) is 23.7 Å². The Bertz CT molecular complexity index is 1190. The zero-order chi connectivity index (χ0) is 27.3. The van der Waals surface area contributed by atoms with Crippen LogP contribution in [0.25, 0.3) is 21.5 Å². The van der Waals surface area contributed by atoms with Crippen LogP contribution in [0.5, 0.6) is 0 Å². The molecule has 0 saturated heterocycles. The number of hydrogen-bond acceptors (Lipinski definition) is 0. The predicted octanol–water partition coefficient (Wildman–Crippen LogP) is 11.0. The molecule has 0 aliphatic heterocycles. The van der Waals surface area contributed by atoms with Gasteiger partial charge in [0.15, 0.2) is 0 Å². The summed E-state index contributed by atoms with van der Waals surface area (Å²) in [6, 6.07) is 18.7. The average molecular weight is 576 g/mol. The van der Waals surface area contributed by atoms with Gasteiger partial charge in [0, 0.05) is 0 Å². The number of aryl methyl sites for hydroxylation is 2. The summed E-state index contributed by atoms with van der Waals surface area (Å²) in [6.45, 7) is 27.2. The molecule has 4 aromatic carbocycles. The first-order valence-electron chi connectivity index (χ1n) is 13.6. The van der Waals surface area contributed by atoms with Gasteiger partial charge in [0.05, 0.1) is 0 Å². The van der Waals surface area contributed by atoms with Gasteiger partial charge in [0.25, 0.3) is 0 Å². The van der Waals surface area contributed by atoms with Gasteiger partial charge in [-0.2, -0.15) is 12.1 Å². The summed E-state index contributed by atoms with van der Waals surface area (Å²) >= 11 is 1.74. The van der Waals surface area contributed by atoms with Crippen LogP contribution in [0.15, 0.2) is 48.5 Å². The van der Waals surface area contributed by atoms with E-state index < -0.39 is 0 Å². The van der Waals surface area contributed by atoms with Gasteiger partial charge in [0.1, 0.15) is 0 Å². The van der Waals surface area contributed by atoms with Crippen LogP contribution in [0.3, 0.4) is 0 Å². The molecule has 0 bridgehead atoms. The second-order valence-electron chi connectivity index (χ2n) is 11.9. The van der Waals surface area contributed by atoms with Gasteiger partial charge in [0.2, 0.25) is 0 Å². The third kappa shape index (κ3) is 8.39. The molecule has 0 unspecified atom stereocenters. The van der Waals surface area contributed by atoms with Gasteiger partial charge in [-0.05, 0) is 23.7 Å². The largest absolute Gasteiger partial charge is 0.165 e. The molecule has 0 radical (unpaired) electrons. The average Bonchev–Trinajstić information content (AvgIpc) is 3.32. The van der Waals surface area contributed by atoms with Gasteiger partial charge in [-0.15, -0.1) is 56.9 Å². The van der Waals surface area contributed by atoms with Crippen LogP contribution < -0.4 is 0 Å². The molecule has 0 aliphatic rings. The fourth-order valence-corrected chi connectivity index (χ4v) is 4.67. The van der Waals surface area contributed by atoms with Crippen molar-refractivity contribution < 1.29 is 23.3 Å². The van der Waals surface area contributed by atoms with Crippen LogP contribution >= 0.6 is 0 Å². The fraction of sp³-hybridized carbons (Fsp3) is 0.471. The van der Waals surface area contributed by atoms with Gasteiger partial charge in [-0.1, -0.05) is 104 Å². The molecule has 4 rings (SSSR count). The van der Waals surface area contributed by atoms with E-state index in [9.17, 15) is 0 Å². The van der Waals surface area contributed by atoms with Gasteiger partial charge in [-0.25, -0.2) is 0 Å². The van der Waals surface area contributed by atoms with E-state index >= 15 is 0 Å². The zero-order valence-corrected chi connectivity index (χ0v) is 28.4. The van der Waals surface area contributed by atoms with E-state index in [1.54, 1.807) is 23.3 Å². The third-order valence-electron chi connectivity index (χ3n) is 6.62. The Morgan fingerprint density at radius 1 is 0.556 bits per heavy atom. The molecule has 36 heavy (non-hydrogen) atoms. The van der Waals surface area contributed by atoms with Gasteiger partial charge < -0.3 is 0 Å². The maximum atomic E-state index is 2.39. The maximum absolute atomic E-state index is 2.39. The van der Waals surface area contributed by atoms with E-state index in [2.05, 4.69) is 131 Å². The Morgan fingerprint density at radius 3 is 1.11 bits per heavy atom. The van der Waals surface area contributed by atoms with E-state index in [-0.39, 0.29) is 5.43 Å². The Morgan fingerprint density at radius 2 is 0.861 bits per heavy atom. The molecule has 0 nitrogen and oxygen atoms in total. The number of rotatable bonds is 4. The Hall–Kier alpha value is -1.24. The van der Waals surface area contributed by atoms with Gasteiger partial charge >= 0.3 is 41.9 Å². The zero-order valence-electron chi connectivity index (χ0n) is 24.9. The molecule has 0 saturated carbocycles. The van der Waals surface area contributed by atoms with Crippen molar-refractivity contribution in [1.29, 1.82) is 0 Å². The standard InChI is InChI=1S/2C16H21.C2H6Si.Zr/c2*1-10(2)13-8-14-6-12(5)7-16(14)15(9-13)11(3)4;1-3-2;/h2*6-11H,1-5H3;1-2H3;/q2*-1;;+2. The summed E-state index contributed by atoms with van der Waals surface area (Å²) in [5.74, 6) is 2.42. The summed E-state index contributed by atoms with van der Waals surface area (Å²) in [6.07, 6.45) is 0. The molecule has 0 N–H and O–H groups in total. The van der Waals surface area contributed by atoms with E-state index in [0.717, 1.165) is 0 Å². The monoisotopic (exact) mass is 574 g/mol. The van der Waals surface area contributed by atoms with Gasteiger partial charge in [-0.3, -0.25) is 0 Å². The second-order valence-corrected chi connectivity index (χ2v) is 21.3. The topological polar surface area (TPSA) is 0 Å². The van der Waals surface area contributed by atoms with E-state index in [1.807, 2.05) is 0 Å². The molecule has 0 atom stereocenters. The Labute approximate surface area is 237 Å². The molecule has 192 valence electrons. The summed E-state index contributed by atoms with van der Waals surface area (Å²) < 4.78 is 0. The molecule has 0 heterocycles. The summed E-state index contributed by atoms with van der Waals surface area (Å²) in [4.78, 5) is 0. The minimum absolute atomic E-state index is 0.210. The third-order valence-corrected chi connectivity index (χ3v) is 6.62. The summed E-state index contributed by atoms with van der Waals surface area (Å²) in [5, 5.41) is 5.70. The van der Waals surface area contributed by atoms with Crippen LogP contribution in [-0.2, 0) is 23.3 Å². The normalized spacial score (nSPS) is 11.4. The molecular weight excluding hydrogens is 528 g/mol. The van der Waals surface area contributed by atoms with Crippen LogP contribution in [0, 0.1) is 13.8 Å². The Balaban J connectivity index is 0.000000221. The number of fused-ring (bicyclic) bond motifs is 2. The fourth-order valence-electron chi connectivity index (χ4n) is 4.67. The molecule has 2 heteroatoms. The first-order valence-corrected chi connectivity index (χ1v) is 19.8. The number of benzene rings is 2. The maximum Gasteiger partial charge on any atom is -0.0306 e. The van der Waals surface area contributed by atoms with Crippen LogP contribution in [0.1, 0.15) is 112 Å². The van der Waals surface area contributed by atoms with Crippen LogP contribution in [0.4, 0.5) is 0 Å². The molecular formula is C34H48SiZr. The molecule has 0 aromatic heterocycles. The minimum Gasteiger partial charge on any atom is -0.165 e. The molecule has 0 spiro atoms.